The predicted molar refractivity (Wildman–Crippen MR) is 77.4 cm³/mol. The summed E-state index contributed by atoms with van der Waals surface area (Å²) in [4.78, 5) is 7.45. The fourth-order valence-corrected chi connectivity index (χ4v) is 2.74. The summed E-state index contributed by atoms with van der Waals surface area (Å²) in [6.45, 7) is 0. The largest absolute Gasteiger partial charge is 0.493 e. The van der Waals surface area contributed by atoms with E-state index >= 15 is 0 Å². The fraction of sp³-hybridized carbons (Fsp3) is 0.167. The SMILES string of the molecule is COc1ccc(S(=O)(=O)Nc2ccnc(Cl)n2)cc1OC. The van der Waals surface area contributed by atoms with Gasteiger partial charge in [0.15, 0.2) is 11.5 Å². The van der Waals surface area contributed by atoms with E-state index in [0.717, 1.165) is 0 Å². The van der Waals surface area contributed by atoms with Gasteiger partial charge in [0.05, 0.1) is 19.1 Å². The van der Waals surface area contributed by atoms with Crippen molar-refractivity contribution in [2.24, 2.45) is 0 Å². The first-order chi connectivity index (χ1) is 9.96. The molecular formula is C12H12ClN3O4S. The van der Waals surface area contributed by atoms with Crippen molar-refractivity contribution in [3.8, 4) is 11.5 Å². The van der Waals surface area contributed by atoms with Crippen LogP contribution in [0.5, 0.6) is 11.5 Å². The average Bonchev–Trinajstić information content (AvgIpc) is 2.46. The van der Waals surface area contributed by atoms with Crippen molar-refractivity contribution >= 4 is 27.4 Å². The molecule has 0 radical (unpaired) electrons. The fourth-order valence-electron chi connectivity index (χ4n) is 1.57. The van der Waals surface area contributed by atoms with Crippen LogP contribution in [0.4, 0.5) is 5.82 Å². The summed E-state index contributed by atoms with van der Waals surface area (Å²) in [6.07, 6.45) is 1.35. The summed E-state index contributed by atoms with van der Waals surface area (Å²) >= 11 is 5.61. The highest BCUT2D eigenvalue weighted by atomic mass is 35.5. The second-order valence-electron chi connectivity index (χ2n) is 3.83. The molecule has 2 aromatic rings. The first-order valence-electron chi connectivity index (χ1n) is 5.69. The summed E-state index contributed by atoms with van der Waals surface area (Å²) in [5.41, 5.74) is 0. The second-order valence-corrected chi connectivity index (χ2v) is 5.85. The molecule has 0 fully saturated rings. The first-order valence-corrected chi connectivity index (χ1v) is 7.56. The van der Waals surface area contributed by atoms with Gasteiger partial charge in [0.1, 0.15) is 5.82 Å². The van der Waals surface area contributed by atoms with Gasteiger partial charge < -0.3 is 9.47 Å². The number of hydrogen-bond acceptors (Lipinski definition) is 6. The van der Waals surface area contributed by atoms with Gasteiger partial charge in [-0.3, -0.25) is 4.72 Å². The van der Waals surface area contributed by atoms with E-state index in [2.05, 4.69) is 14.7 Å². The summed E-state index contributed by atoms with van der Waals surface area (Å²) in [6, 6.07) is 5.64. The van der Waals surface area contributed by atoms with Crippen molar-refractivity contribution in [2.75, 3.05) is 18.9 Å². The molecule has 0 aliphatic carbocycles. The number of benzene rings is 1. The zero-order valence-corrected chi connectivity index (χ0v) is 12.8. The zero-order chi connectivity index (χ0) is 15.5. The first kappa shape index (κ1) is 15.3. The molecule has 7 nitrogen and oxygen atoms in total. The molecule has 9 heteroatoms. The number of nitrogens with one attached hydrogen (secondary N) is 1. The lowest BCUT2D eigenvalue weighted by molar-refractivity contribution is 0.354. The van der Waals surface area contributed by atoms with Crippen LogP contribution in [-0.4, -0.2) is 32.6 Å². The van der Waals surface area contributed by atoms with Gasteiger partial charge in [0, 0.05) is 12.3 Å². The standard InChI is InChI=1S/C12H12ClN3O4S/c1-19-9-4-3-8(7-10(9)20-2)21(17,18)16-11-5-6-14-12(13)15-11/h3-7H,1-2H3,(H,14,15,16). The number of aromatic nitrogens is 2. The molecule has 0 saturated heterocycles. The van der Waals surface area contributed by atoms with Crippen molar-refractivity contribution in [1.29, 1.82) is 0 Å². The molecule has 0 bridgehead atoms. The molecule has 0 saturated carbocycles. The summed E-state index contributed by atoms with van der Waals surface area (Å²) in [5.74, 6) is 0.812. The van der Waals surface area contributed by atoms with Crippen molar-refractivity contribution in [3.63, 3.8) is 0 Å². The molecule has 1 aromatic carbocycles. The summed E-state index contributed by atoms with van der Waals surface area (Å²) in [7, 11) is -0.934. The Labute approximate surface area is 126 Å². The lowest BCUT2D eigenvalue weighted by Gasteiger charge is -2.11. The molecule has 2 rings (SSSR count). The van der Waals surface area contributed by atoms with Gasteiger partial charge in [0.2, 0.25) is 5.28 Å². The van der Waals surface area contributed by atoms with Crippen LogP contribution in [0.25, 0.3) is 0 Å². The number of sulfonamides is 1. The van der Waals surface area contributed by atoms with Gasteiger partial charge in [-0.1, -0.05) is 0 Å². The van der Waals surface area contributed by atoms with Gasteiger partial charge in [-0.05, 0) is 29.8 Å². The van der Waals surface area contributed by atoms with Crippen LogP contribution in [-0.2, 0) is 10.0 Å². The average molecular weight is 330 g/mol. The van der Waals surface area contributed by atoms with Gasteiger partial charge >= 0.3 is 0 Å². The third-order valence-corrected chi connectivity index (χ3v) is 4.06. The highest BCUT2D eigenvalue weighted by molar-refractivity contribution is 7.92. The molecule has 0 atom stereocenters. The zero-order valence-electron chi connectivity index (χ0n) is 11.2. The smallest absolute Gasteiger partial charge is 0.263 e. The highest BCUT2D eigenvalue weighted by Gasteiger charge is 2.18. The maximum atomic E-state index is 12.3. The predicted octanol–water partition coefficient (Wildman–Crippen LogP) is 1.95. The quantitative estimate of drug-likeness (QED) is 0.843. The third-order valence-electron chi connectivity index (χ3n) is 2.53. The summed E-state index contributed by atoms with van der Waals surface area (Å²) < 4.78 is 37.0. The molecule has 1 heterocycles. The van der Waals surface area contributed by atoms with E-state index in [0.29, 0.717) is 11.5 Å². The lowest BCUT2D eigenvalue weighted by Crippen LogP contribution is -2.14. The minimum atomic E-state index is -3.82. The van der Waals surface area contributed by atoms with Crippen molar-refractivity contribution in [1.82, 2.24) is 9.97 Å². The Kier molecular flexibility index (Phi) is 4.49. The van der Waals surface area contributed by atoms with Gasteiger partial charge in [-0.25, -0.2) is 13.4 Å². The van der Waals surface area contributed by atoms with Gasteiger partial charge in [-0.2, -0.15) is 4.98 Å². The normalized spacial score (nSPS) is 11.0. The number of hydrogen-bond donors (Lipinski definition) is 1. The molecular weight excluding hydrogens is 318 g/mol. The number of ether oxygens (including phenoxy) is 2. The molecule has 0 spiro atoms. The van der Waals surface area contributed by atoms with E-state index in [9.17, 15) is 8.42 Å². The number of rotatable bonds is 5. The van der Waals surface area contributed by atoms with Crippen LogP contribution in [0.2, 0.25) is 5.28 Å². The molecule has 0 aliphatic rings. The Balaban J connectivity index is 2.35. The minimum absolute atomic E-state index is 0.00915. The second kappa shape index (κ2) is 6.15. The molecule has 112 valence electrons. The number of halogens is 1. The Morgan fingerprint density at radius 3 is 2.48 bits per heavy atom. The van der Waals surface area contributed by atoms with Crippen LogP contribution < -0.4 is 14.2 Å². The highest BCUT2D eigenvalue weighted by Crippen LogP contribution is 2.29. The molecule has 0 unspecified atom stereocenters. The van der Waals surface area contributed by atoms with Crippen LogP contribution in [0.15, 0.2) is 35.4 Å². The van der Waals surface area contributed by atoms with E-state index in [1.807, 2.05) is 0 Å². The van der Waals surface area contributed by atoms with Crippen molar-refractivity contribution in [2.45, 2.75) is 4.90 Å². The lowest BCUT2D eigenvalue weighted by atomic mass is 10.3. The van der Waals surface area contributed by atoms with E-state index < -0.39 is 10.0 Å². The van der Waals surface area contributed by atoms with E-state index in [1.54, 1.807) is 0 Å². The maximum Gasteiger partial charge on any atom is 0.263 e. The molecule has 1 aromatic heterocycles. The Bertz CT molecular complexity index is 752. The minimum Gasteiger partial charge on any atom is -0.493 e. The topological polar surface area (TPSA) is 90.4 Å². The van der Waals surface area contributed by atoms with Crippen molar-refractivity contribution < 1.29 is 17.9 Å². The number of anilines is 1. The van der Waals surface area contributed by atoms with E-state index in [4.69, 9.17) is 21.1 Å². The maximum absolute atomic E-state index is 12.3. The number of nitrogens with zero attached hydrogens (tertiary/aromatic N) is 2. The Morgan fingerprint density at radius 1 is 1.14 bits per heavy atom. The Morgan fingerprint density at radius 2 is 1.86 bits per heavy atom. The van der Waals surface area contributed by atoms with Crippen molar-refractivity contribution in [3.05, 3.63) is 35.7 Å². The van der Waals surface area contributed by atoms with E-state index in [1.165, 1.54) is 44.7 Å². The van der Waals surface area contributed by atoms with Crippen LogP contribution >= 0.6 is 11.6 Å². The van der Waals surface area contributed by atoms with Gasteiger partial charge in [0.25, 0.3) is 10.0 Å². The van der Waals surface area contributed by atoms with Crippen LogP contribution in [0, 0.1) is 0 Å². The third kappa shape index (κ3) is 3.53. The Hall–Kier alpha value is -2.06. The molecule has 0 amide bonds. The van der Waals surface area contributed by atoms with Crippen LogP contribution in [0.1, 0.15) is 0 Å². The van der Waals surface area contributed by atoms with Crippen LogP contribution in [0.3, 0.4) is 0 Å². The molecule has 0 aliphatic heterocycles. The van der Waals surface area contributed by atoms with E-state index in [-0.39, 0.29) is 16.0 Å². The van der Waals surface area contributed by atoms with Gasteiger partial charge in [-0.15, -0.1) is 0 Å². The number of methoxy groups -OCH3 is 2. The molecule has 1 N–H and O–H groups in total. The summed E-state index contributed by atoms with van der Waals surface area (Å²) in [5, 5.41) is -0.0532. The molecule has 21 heavy (non-hydrogen) atoms. The monoisotopic (exact) mass is 329 g/mol.